The highest BCUT2D eigenvalue weighted by atomic mass is 32.2. The number of hydrogen-bond donors (Lipinski definition) is 2. The molecule has 1 heterocycles. The molecule has 2 aromatic rings. The first kappa shape index (κ1) is 16.0. The van der Waals surface area contributed by atoms with Crippen LogP contribution < -0.4 is 14.8 Å². The molecule has 1 aliphatic rings. The van der Waals surface area contributed by atoms with E-state index in [2.05, 4.69) is 5.32 Å². The van der Waals surface area contributed by atoms with E-state index in [-0.39, 0.29) is 23.0 Å². The third-order valence-electron chi connectivity index (χ3n) is 3.48. The van der Waals surface area contributed by atoms with E-state index in [1.165, 1.54) is 24.3 Å². The summed E-state index contributed by atoms with van der Waals surface area (Å²) in [5, 5.41) is 2.57. The second kappa shape index (κ2) is 5.97. The molecule has 0 bridgehead atoms. The fraction of sp³-hybridized carbons (Fsp3) is 0.125. The second-order valence-electron chi connectivity index (χ2n) is 5.25. The summed E-state index contributed by atoms with van der Waals surface area (Å²) >= 11 is 0. The lowest BCUT2D eigenvalue weighted by molar-refractivity contribution is -0.118. The molecule has 24 heavy (non-hydrogen) atoms. The van der Waals surface area contributed by atoms with Gasteiger partial charge < -0.3 is 10.1 Å². The van der Waals surface area contributed by atoms with Gasteiger partial charge in [-0.25, -0.2) is 13.1 Å². The lowest BCUT2D eigenvalue weighted by Gasteiger charge is -2.18. The van der Waals surface area contributed by atoms with Gasteiger partial charge in [-0.3, -0.25) is 9.59 Å². The van der Waals surface area contributed by atoms with Gasteiger partial charge in [-0.2, -0.15) is 0 Å². The number of aryl methyl sites for hydroxylation is 1. The Morgan fingerprint density at radius 2 is 1.96 bits per heavy atom. The van der Waals surface area contributed by atoms with Gasteiger partial charge in [0.2, 0.25) is 0 Å². The molecule has 3 rings (SSSR count). The lowest BCUT2D eigenvalue weighted by atomic mass is 10.1. The minimum Gasteiger partial charge on any atom is -0.482 e. The molecular weight excluding hydrogens is 332 g/mol. The van der Waals surface area contributed by atoms with E-state index in [1.807, 2.05) is 4.72 Å². The molecule has 0 fully saturated rings. The summed E-state index contributed by atoms with van der Waals surface area (Å²) in [6, 6.07) is 10.7. The number of fused-ring (bicyclic) bond motifs is 1. The maximum absolute atomic E-state index is 12.4. The Morgan fingerprint density at radius 3 is 2.71 bits per heavy atom. The van der Waals surface area contributed by atoms with E-state index in [0.29, 0.717) is 17.0 Å². The van der Waals surface area contributed by atoms with Gasteiger partial charge in [-0.15, -0.1) is 0 Å². The van der Waals surface area contributed by atoms with Crippen molar-refractivity contribution in [3.63, 3.8) is 0 Å². The van der Waals surface area contributed by atoms with Crippen molar-refractivity contribution < 1.29 is 22.7 Å². The second-order valence-corrected chi connectivity index (χ2v) is 6.90. The van der Waals surface area contributed by atoms with Crippen LogP contribution in [-0.4, -0.2) is 26.8 Å². The molecule has 0 aliphatic carbocycles. The van der Waals surface area contributed by atoms with Gasteiger partial charge in [0, 0.05) is 5.56 Å². The Labute approximate surface area is 138 Å². The Bertz CT molecular complexity index is 937. The molecule has 2 N–H and O–H groups in total. The first-order valence-corrected chi connectivity index (χ1v) is 8.54. The number of anilines is 1. The zero-order valence-corrected chi connectivity index (χ0v) is 13.5. The van der Waals surface area contributed by atoms with Crippen LogP contribution in [0.4, 0.5) is 5.69 Å². The van der Waals surface area contributed by atoms with Crippen molar-refractivity contribution in [3.05, 3.63) is 53.6 Å². The van der Waals surface area contributed by atoms with Crippen molar-refractivity contribution in [2.45, 2.75) is 11.8 Å². The zero-order valence-electron chi connectivity index (χ0n) is 12.7. The SMILES string of the molecule is Cc1ccccc1S(=O)(=O)NC(=O)c1ccc2c(c1)NC(=O)CO2. The largest absolute Gasteiger partial charge is 0.482 e. The van der Waals surface area contributed by atoms with E-state index >= 15 is 0 Å². The Hall–Kier alpha value is -2.87. The Balaban J connectivity index is 1.86. The number of nitrogens with one attached hydrogen (secondary N) is 2. The number of benzene rings is 2. The molecule has 7 nitrogen and oxygen atoms in total. The van der Waals surface area contributed by atoms with Crippen molar-refractivity contribution in [1.82, 2.24) is 4.72 Å². The van der Waals surface area contributed by atoms with Gasteiger partial charge in [-0.05, 0) is 36.8 Å². The van der Waals surface area contributed by atoms with Crippen molar-refractivity contribution >= 4 is 27.5 Å². The summed E-state index contributed by atoms with van der Waals surface area (Å²) in [6.45, 7) is 1.55. The molecular formula is C16H14N2O5S. The minimum atomic E-state index is -3.99. The van der Waals surface area contributed by atoms with Crippen LogP contribution in [0.15, 0.2) is 47.4 Å². The average Bonchev–Trinajstić information content (AvgIpc) is 2.54. The van der Waals surface area contributed by atoms with Gasteiger partial charge in [0.1, 0.15) is 5.75 Å². The highest BCUT2D eigenvalue weighted by Gasteiger charge is 2.22. The number of amides is 2. The summed E-state index contributed by atoms with van der Waals surface area (Å²) in [6.07, 6.45) is 0. The van der Waals surface area contributed by atoms with E-state index in [1.54, 1.807) is 25.1 Å². The summed E-state index contributed by atoms with van der Waals surface area (Å²) in [4.78, 5) is 23.6. The Kier molecular flexibility index (Phi) is 3.98. The molecule has 1 aliphatic heterocycles. The van der Waals surface area contributed by atoms with Crippen LogP contribution in [0.2, 0.25) is 0 Å². The van der Waals surface area contributed by atoms with Crippen LogP contribution in [0.5, 0.6) is 5.75 Å². The number of sulfonamides is 1. The monoisotopic (exact) mass is 346 g/mol. The van der Waals surface area contributed by atoms with Crippen LogP contribution in [0.3, 0.4) is 0 Å². The number of carbonyl (C=O) groups excluding carboxylic acids is 2. The molecule has 2 aromatic carbocycles. The standard InChI is InChI=1S/C16H14N2O5S/c1-10-4-2-3-5-14(10)24(21,22)18-16(20)11-6-7-13-12(8-11)17-15(19)9-23-13/h2-8H,9H2,1H3,(H,17,19)(H,18,20). The van der Waals surface area contributed by atoms with Crippen LogP contribution >= 0.6 is 0 Å². The fourth-order valence-electron chi connectivity index (χ4n) is 2.32. The van der Waals surface area contributed by atoms with Crippen LogP contribution in [0, 0.1) is 6.92 Å². The molecule has 0 radical (unpaired) electrons. The quantitative estimate of drug-likeness (QED) is 0.876. The molecule has 124 valence electrons. The third-order valence-corrected chi connectivity index (χ3v) is 4.98. The smallest absolute Gasteiger partial charge is 0.265 e. The fourth-order valence-corrected chi connectivity index (χ4v) is 3.54. The maximum atomic E-state index is 12.4. The molecule has 0 unspecified atom stereocenters. The molecule has 0 spiro atoms. The molecule has 8 heteroatoms. The summed E-state index contributed by atoms with van der Waals surface area (Å²) < 4.78 is 31.9. The molecule has 0 atom stereocenters. The number of ether oxygens (including phenoxy) is 1. The normalized spacial score (nSPS) is 13.5. The first-order valence-electron chi connectivity index (χ1n) is 7.06. The maximum Gasteiger partial charge on any atom is 0.265 e. The molecule has 0 aromatic heterocycles. The van der Waals surface area contributed by atoms with Gasteiger partial charge in [0.25, 0.3) is 21.8 Å². The zero-order chi connectivity index (χ0) is 17.3. The van der Waals surface area contributed by atoms with Crippen LogP contribution in [0.25, 0.3) is 0 Å². The number of rotatable bonds is 3. The lowest BCUT2D eigenvalue weighted by Crippen LogP contribution is -2.31. The van der Waals surface area contributed by atoms with E-state index < -0.39 is 15.9 Å². The van der Waals surface area contributed by atoms with E-state index in [4.69, 9.17) is 4.74 Å². The Morgan fingerprint density at radius 1 is 1.21 bits per heavy atom. The molecule has 2 amide bonds. The average molecular weight is 346 g/mol. The van der Waals surface area contributed by atoms with Gasteiger partial charge >= 0.3 is 0 Å². The van der Waals surface area contributed by atoms with Gasteiger partial charge in [0.05, 0.1) is 10.6 Å². The van der Waals surface area contributed by atoms with Gasteiger partial charge in [0.15, 0.2) is 6.61 Å². The predicted molar refractivity (Wildman–Crippen MR) is 86.4 cm³/mol. The van der Waals surface area contributed by atoms with Crippen LogP contribution in [-0.2, 0) is 14.8 Å². The van der Waals surface area contributed by atoms with Crippen molar-refractivity contribution in [3.8, 4) is 5.75 Å². The molecule has 0 saturated heterocycles. The van der Waals surface area contributed by atoms with Crippen LogP contribution in [0.1, 0.15) is 15.9 Å². The first-order chi connectivity index (χ1) is 11.4. The summed E-state index contributed by atoms with van der Waals surface area (Å²) in [5.41, 5.74) is 0.952. The third kappa shape index (κ3) is 3.09. The highest BCUT2D eigenvalue weighted by Crippen LogP contribution is 2.28. The van der Waals surface area contributed by atoms with Crippen molar-refractivity contribution in [1.29, 1.82) is 0 Å². The summed E-state index contributed by atoms with van der Waals surface area (Å²) in [5.74, 6) is -0.707. The number of carbonyl (C=O) groups is 2. The van der Waals surface area contributed by atoms with E-state index in [9.17, 15) is 18.0 Å². The van der Waals surface area contributed by atoms with Crippen molar-refractivity contribution in [2.24, 2.45) is 0 Å². The summed E-state index contributed by atoms with van der Waals surface area (Å²) in [7, 11) is -3.99. The topological polar surface area (TPSA) is 102 Å². The predicted octanol–water partition coefficient (Wildman–Crippen LogP) is 1.44. The minimum absolute atomic E-state index is 0.0351. The number of hydrogen-bond acceptors (Lipinski definition) is 5. The van der Waals surface area contributed by atoms with Gasteiger partial charge in [-0.1, -0.05) is 18.2 Å². The van der Waals surface area contributed by atoms with Crippen molar-refractivity contribution in [2.75, 3.05) is 11.9 Å². The highest BCUT2D eigenvalue weighted by molar-refractivity contribution is 7.90. The molecule has 0 saturated carbocycles. The van der Waals surface area contributed by atoms with E-state index in [0.717, 1.165) is 0 Å².